The minimum atomic E-state index is -0.569. The van der Waals surface area contributed by atoms with Gasteiger partial charge in [-0.05, 0) is 30.7 Å². The molecule has 0 unspecified atom stereocenters. The number of nitrogens with zero attached hydrogens (tertiary/aromatic N) is 3. The summed E-state index contributed by atoms with van der Waals surface area (Å²) in [5.41, 5.74) is 0.778. The van der Waals surface area contributed by atoms with Crippen LogP contribution in [0.5, 0.6) is 0 Å². The number of carbonyl (C=O) groups is 1. The van der Waals surface area contributed by atoms with Crippen LogP contribution in [0.2, 0.25) is 0 Å². The zero-order valence-corrected chi connectivity index (χ0v) is 14.1. The second-order valence-electron chi connectivity index (χ2n) is 5.37. The van der Waals surface area contributed by atoms with Gasteiger partial charge in [0.2, 0.25) is 0 Å². The Bertz CT molecular complexity index is 1040. The molecular weight excluding hydrogens is 345 g/mol. The number of thiazole rings is 1. The number of benzene rings is 2. The van der Waals surface area contributed by atoms with Gasteiger partial charge in [-0.1, -0.05) is 24.3 Å². The summed E-state index contributed by atoms with van der Waals surface area (Å²) < 4.78 is 16.0. The Balaban J connectivity index is 2.11. The van der Waals surface area contributed by atoms with Crippen LogP contribution in [0.4, 0.5) is 10.1 Å². The van der Waals surface area contributed by atoms with Crippen LogP contribution < -0.4 is 4.80 Å². The van der Waals surface area contributed by atoms with E-state index in [0.717, 1.165) is 11.9 Å². The lowest BCUT2D eigenvalue weighted by atomic mass is 10.2. The van der Waals surface area contributed by atoms with Crippen LogP contribution in [-0.4, -0.2) is 15.4 Å². The highest BCUT2D eigenvalue weighted by atomic mass is 32.1. The number of nitro groups is 1. The van der Waals surface area contributed by atoms with Crippen molar-refractivity contribution in [2.75, 3.05) is 0 Å². The van der Waals surface area contributed by atoms with Crippen LogP contribution in [0.15, 0.2) is 47.5 Å². The lowest BCUT2D eigenvalue weighted by Gasteiger charge is -2.02. The summed E-state index contributed by atoms with van der Waals surface area (Å²) >= 11 is 1.21. The summed E-state index contributed by atoms with van der Waals surface area (Å²) in [6.45, 7) is 2.62. The highest BCUT2D eigenvalue weighted by Gasteiger charge is 2.12. The summed E-state index contributed by atoms with van der Waals surface area (Å²) in [6, 6.07) is 9.88. The lowest BCUT2D eigenvalue weighted by Crippen LogP contribution is -2.16. The molecule has 0 atom stereocenters. The normalized spacial score (nSPS) is 11.8. The molecule has 2 aromatic carbocycles. The van der Waals surface area contributed by atoms with Crippen molar-refractivity contribution in [2.24, 2.45) is 4.99 Å². The molecule has 1 amide bonds. The maximum atomic E-state index is 13.4. The molecule has 0 aliphatic carbocycles. The van der Waals surface area contributed by atoms with E-state index in [2.05, 4.69) is 4.99 Å². The molecule has 0 fully saturated rings. The molecule has 1 heterocycles. The van der Waals surface area contributed by atoms with E-state index >= 15 is 0 Å². The molecule has 128 valence electrons. The molecule has 0 bridgehead atoms. The number of fused-ring (bicyclic) bond motifs is 1. The largest absolute Gasteiger partial charge is 0.316 e. The van der Waals surface area contributed by atoms with Gasteiger partial charge in [-0.15, -0.1) is 0 Å². The number of carbonyl (C=O) groups excluding carboxylic acids is 1. The first-order valence-electron chi connectivity index (χ1n) is 7.62. The zero-order chi connectivity index (χ0) is 18.0. The smallest absolute Gasteiger partial charge is 0.279 e. The molecule has 0 aliphatic heterocycles. The summed E-state index contributed by atoms with van der Waals surface area (Å²) in [4.78, 5) is 27.3. The van der Waals surface area contributed by atoms with Crippen molar-refractivity contribution in [3.63, 3.8) is 0 Å². The van der Waals surface area contributed by atoms with Gasteiger partial charge in [-0.25, -0.2) is 4.39 Å². The molecule has 0 aliphatic rings. The van der Waals surface area contributed by atoms with E-state index in [4.69, 9.17) is 0 Å². The van der Waals surface area contributed by atoms with E-state index in [1.807, 2.05) is 11.5 Å². The second-order valence-corrected chi connectivity index (χ2v) is 6.38. The Labute approximate surface area is 146 Å². The van der Waals surface area contributed by atoms with E-state index in [1.165, 1.54) is 47.7 Å². The average molecular weight is 359 g/mol. The fourth-order valence-electron chi connectivity index (χ4n) is 2.48. The molecule has 0 spiro atoms. The number of hydrogen-bond donors (Lipinski definition) is 0. The van der Waals surface area contributed by atoms with E-state index in [1.54, 1.807) is 6.07 Å². The monoisotopic (exact) mass is 359 g/mol. The van der Waals surface area contributed by atoms with Gasteiger partial charge in [0, 0.05) is 24.2 Å². The number of halogens is 1. The number of hydrogen-bond acceptors (Lipinski definition) is 4. The minimum absolute atomic E-state index is 0.140. The van der Waals surface area contributed by atoms with Crippen LogP contribution in [-0.2, 0) is 6.54 Å². The molecule has 25 heavy (non-hydrogen) atoms. The van der Waals surface area contributed by atoms with Crippen LogP contribution in [0, 0.1) is 15.9 Å². The van der Waals surface area contributed by atoms with Gasteiger partial charge in [0.1, 0.15) is 5.82 Å². The number of nitro benzene ring substituents is 1. The third kappa shape index (κ3) is 3.48. The van der Waals surface area contributed by atoms with Gasteiger partial charge in [0.05, 0.1) is 15.1 Å². The third-order valence-electron chi connectivity index (χ3n) is 3.59. The van der Waals surface area contributed by atoms with Crippen LogP contribution >= 0.6 is 11.3 Å². The van der Waals surface area contributed by atoms with Crippen molar-refractivity contribution in [1.29, 1.82) is 0 Å². The average Bonchev–Trinajstić information content (AvgIpc) is 2.91. The molecule has 0 radical (unpaired) electrons. The Morgan fingerprint density at radius 1 is 1.32 bits per heavy atom. The van der Waals surface area contributed by atoms with E-state index < -0.39 is 10.8 Å². The van der Waals surface area contributed by atoms with Crippen molar-refractivity contribution in [3.05, 3.63) is 68.8 Å². The topological polar surface area (TPSA) is 77.5 Å². The van der Waals surface area contributed by atoms with E-state index in [0.29, 0.717) is 16.0 Å². The minimum Gasteiger partial charge on any atom is -0.316 e. The molecule has 0 N–H and O–H groups in total. The molecule has 6 nitrogen and oxygen atoms in total. The molecule has 0 saturated carbocycles. The number of aromatic nitrogens is 1. The van der Waals surface area contributed by atoms with Gasteiger partial charge >= 0.3 is 0 Å². The summed E-state index contributed by atoms with van der Waals surface area (Å²) in [5, 5.41) is 10.8. The maximum absolute atomic E-state index is 13.4. The Kier molecular flexibility index (Phi) is 4.71. The van der Waals surface area contributed by atoms with Gasteiger partial charge in [0.15, 0.2) is 4.80 Å². The molecule has 3 aromatic rings. The summed E-state index contributed by atoms with van der Waals surface area (Å²) in [5.74, 6) is -0.922. The Morgan fingerprint density at radius 2 is 2.12 bits per heavy atom. The Hall–Kier alpha value is -2.87. The molecular formula is C17H14FN3O3S. The van der Waals surface area contributed by atoms with Crippen molar-refractivity contribution in [3.8, 4) is 0 Å². The first-order valence-corrected chi connectivity index (χ1v) is 8.43. The van der Waals surface area contributed by atoms with Crippen LogP contribution in [0.25, 0.3) is 10.2 Å². The fraction of sp³-hybridized carbons (Fsp3) is 0.176. The van der Waals surface area contributed by atoms with Gasteiger partial charge in [-0.2, -0.15) is 4.99 Å². The van der Waals surface area contributed by atoms with Gasteiger partial charge < -0.3 is 4.57 Å². The zero-order valence-electron chi connectivity index (χ0n) is 13.3. The van der Waals surface area contributed by atoms with Crippen LogP contribution in [0.3, 0.4) is 0 Å². The highest BCUT2D eigenvalue weighted by molar-refractivity contribution is 7.16. The van der Waals surface area contributed by atoms with Crippen molar-refractivity contribution in [2.45, 2.75) is 19.9 Å². The molecule has 8 heteroatoms. The van der Waals surface area contributed by atoms with E-state index in [9.17, 15) is 19.3 Å². The predicted octanol–water partition coefficient (Wildman–Crippen LogP) is 3.90. The first kappa shape index (κ1) is 17.0. The summed E-state index contributed by atoms with van der Waals surface area (Å²) in [6.07, 6.45) is 0.821. The number of aryl methyl sites for hydroxylation is 1. The van der Waals surface area contributed by atoms with Gasteiger partial charge in [-0.3, -0.25) is 14.9 Å². The number of non-ortho nitro benzene ring substituents is 1. The number of rotatable bonds is 4. The first-order chi connectivity index (χ1) is 12.0. The standard InChI is InChI=1S/C17H14FN3O3S/c1-2-8-20-14-7-6-12(18)10-15(14)25-17(20)19-16(22)11-4-3-5-13(9-11)21(23)24/h3-7,9-10H,2,8H2,1H3. The van der Waals surface area contributed by atoms with E-state index in [-0.39, 0.29) is 17.1 Å². The number of amides is 1. The van der Waals surface area contributed by atoms with Crippen molar-refractivity contribution >= 4 is 33.1 Å². The molecule has 3 rings (SSSR count). The quantitative estimate of drug-likeness (QED) is 0.523. The SMILES string of the molecule is CCCn1c(=NC(=O)c2cccc([N+](=O)[O-])c2)sc2cc(F)ccc21. The van der Waals surface area contributed by atoms with Crippen LogP contribution in [0.1, 0.15) is 23.7 Å². The third-order valence-corrected chi connectivity index (χ3v) is 4.63. The predicted molar refractivity (Wildman–Crippen MR) is 93.1 cm³/mol. The second kappa shape index (κ2) is 6.94. The summed E-state index contributed by atoms with van der Waals surface area (Å²) in [7, 11) is 0. The lowest BCUT2D eigenvalue weighted by molar-refractivity contribution is -0.384. The van der Waals surface area contributed by atoms with Crippen molar-refractivity contribution in [1.82, 2.24) is 4.57 Å². The van der Waals surface area contributed by atoms with Gasteiger partial charge in [0.25, 0.3) is 11.6 Å². The molecule has 1 aromatic heterocycles. The maximum Gasteiger partial charge on any atom is 0.279 e. The fourth-order valence-corrected chi connectivity index (χ4v) is 3.56. The van der Waals surface area contributed by atoms with Crippen molar-refractivity contribution < 1.29 is 14.1 Å². The molecule has 0 saturated heterocycles. The Morgan fingerprint density at radius 3 is 2.84 bits per heavy atom. The highest BCUT2D eigenvalue weighted by Crippen LogP contribution is 2.19.